The van der Waals surface area contributed by atoms with Crippen molar-refractivity contribution < 1.29 is 23.9 Å². The molecule has 1 aliphatic carbocycles. The zero-order valence-corrected chi connectivity index (χ0v) is 20.4. The highest BCUT2D eigenvalue weighted by molar-refractivity contribution is 6.11. The van der Waals surface area contributed by atoms with Gasteiger partial charge >= 0.3 is 0 Å². The summed E-state index contributed by atoms with van der Waals surface area (Å²) >= 11 is 0. The third-order valence-corrected chi connectivity index (χ3v) is 7.73. The Morgan fingerprint density at radius 1 is 1.11 bits per heavy atom. The average Bonchev–Trinajstić information content (AvgIpc) is 3.57. The molecule has 0 unspecified atom stereocenters. The maximum absolute atomic E-state index is 14.0. The second-order valence-corrected chi connectivity index (χ2v) is 9.97. The molecule has 1 saturated carbocycles. The van der Waals surface area contributed by atoms with E-state index in [0.29, 0.717) is 17.9 Å². The standard InChI is InChI=1S/C28H32N2O5/c1-29(18-21-15-19-9-3-7-13-23(19)35-21)25(31)16-28(22-12-6-8-14-24(22)34-2)17-26(32)30(27(28)33)20-10-4-5-11-20/h3,6-9,12-14,20-21H,4-5,10-11,15-18H2,1-2H3/t21-,28-/m1/s1. The third-order valence-electron chi connectivity index (χ3n) is 7.73. The predicted molar refractivity (Wildman–Crippen MR) is 130 cm³/mol. The van der Waals surface area contributed by atoms with Gasteiger partial charge in [-0.2, -0.15) is 0 Å². The van der Waals surface area contributed by atoms with E-state index >= 15 is 0 Å². The van der Waals surface area contributed by atoms with Crippen LogP contribution in [-0.2, 0) is 26.2 Å². The smallest absolute Gasteiger partial charge is 0.241 e. The van der Waals surface area contributed by atoms with Gasteiger partial charge in [0.25, 0.3) is 0 Å². The highest BCUT2D eigenvalue weighted by atomic mass is 16.5. The van der Waals surface area contributed by atoms with Crippen molar-refractivity contribution in [3.8, 4) is 11.5 Å². The Morgan fingerprint density at radius 2 is 1.83 bits per heavy atom. The number of imide groups is 1. The van der Waals surface area contributed by atoms with Crippen molar-refractivity contribution in [3.05, 3.63) is 59.7 Å². The van der Waals surface area contributed by atoms with Crippen molar-refractivity contribution in [3.63, 3.8) is 0 Å². The third kappa shape index (κ3) is 4.17. The molecule has 5 rings (SSSR count). The number of carbonyl (C=O) groups is 3. The molecule has 1 saturated heterocycles. The van der Waals surface area contributed by atoms with E-state index in [4.69, 9.17) is 9.47 Å². The number of carbonyl (C=O) groups excluding carboxylic acids is 3. The van der Waals surface area contributed by atoms with Gasteiger partial charge in [0.2, 0.25) is 17.7 Å². The molecule has 2 atom stereocenters. The number of benzene rings is 2. The van der Waals surface area contributed by atoms with Crippen LogP contribution < -0.4 is 9.47 Å². The lowest BCUT2D eigenvalue weighted by Crippen LogP contribution is -2.46. The number of ether oxygens (including phenoxy) is 2. The summed E-state index contributed by atoms with van der Waals surface area (Å²) in [5.74, 6) is 0.715. The van der Waals surface area contributed by atoms with E-state index in [2.05, 4.69) is 0 Å². The molecule has 2 aliphatic heterocycles. The number of likely N-dealkylation sites (tertiary alicyclic amines) is 1. The van der Waals surface area contributed by atoms with Crippen molar-refractivity contribution in [2.75, 3.05) is 20.7 Å². The Kier molecular flexibility index (Phi) is 6.26. The summed E-state index contributed by atoms with van der Waals surface area (Å²) in [6, 6.07) is 15.1. The second kappa shape index (κ2) is 9.36. The van der Waals surface area contributed by atoms with Crippen LogP contribution in [0.4, 0.5) is 0 Å². The molecule has 0 bridgehead atoms. The van der Waals surface area contributed by atoms with Crippen LogP contribution in [0.1, 0.15) is 49.7 Å². The predicted octanol–water partition coefficient (Wildman–Crippen LogP) is 3.49. The zero-order chi connectivity index (χ0) is 24.6. The molecular weight excluding hydrogens is 444 g/mol. The monoisotopic (exact) mass is 476 g/mol. The second-order valence-electron chi connectivity index (χ2n) is 9.97. The molecule has 2 aromatic carbocycles. The fourth-order valence-corrected chi connectivity index (χ4v) is 5.93. The molecule has 7 nitrogen and oxygen atoms in total. The fraction of sp³-hybridized carbons (Fsp3) is 0.464. The topological polar surface area (TPSA) is 76.2 Å². The van der Waals surface area contributed by atoms with Crippen molar-refractivity contribution >= 4 is 17.7 Å². The van der Waals surface area contributed by atoms with Gasteiger partial charge in [0.15, 0.2) is 0 Å². The molecule has 3 amide bonds. The first-order valence-electron chi connectivity index (χ1n) is 12.4. The maximum atomic E-state index is 14.0. The van der Waals surface area contributed by atoms with Crippen molar-refractivity contribution in [2.24, 2.45) is 0 Å². The van der Waals surface area contributed by atoms with Crippen LogP contribution >= 0.6 is 0 Å². The fourth-order valence-electron chi connectivity index (χ4n) is 5.93. The molecule has 7 heteroatoms. The summed E-state index contributed by atoms with van der Waals surface area (Å²) < 4.78 is 11.6. The molecular formula is C28H32N2O5. The SMILES string of the molecule is COc1ccccc1[C@@]1(CC(=O)N(C)C[C@H]2Cc3ccccc3O2)CC(=O)N(C2CCCC2)C1=O. The van der Waals surface area contributed by atoms with Crippen LogP contribution in [-0.4, -0.2) is 60.4 Å². The molecule has 2 fully saturated rings. The summed E-state index contributed by atoms with van der Waals surface area (Å²) in [7, 11) is 3.28. The van der Waals surface area contributed by atoms with Crippen molar-refractivity contribution in [1.82, 2.24) is 9.80 Å². The molecule has 3 aliphatic rings. The minimum Gasteiger partial charge on any atom is -0.496 e. The molecule has 2 heterocycles. The number of hydrogen-bond acceptors (Lipinski definition) is 5. The molecule has 35 heavy (non-hydrogen) atoms. The minimum atomic E-state index is -1.27. The van der Waals surface area contributed by atoms with Gasteiger partial charge in [0.05, 0.1) is 19.1 Å². The van der Waals surface area contributed by atoms with Gasteiger partial charge in [-0.3, -0.25) is 19.3 Å². The van der Waals surface area contributed by atoms with Crippen LogP contribution in [0.3, 0.4) is 0 Å². The van der Waals surface area contributed by atoms with E-state index in [-0.39, 0.29) is 42.7 Å². The summed E-state index contributed by atoms with van der Waals surface area (Å²) in [5.41, 5.74) is 0.470. The highest BCUT2D eigenvalue weighted by Gasteiger charge is 2.56. The number of amides is 3. The number of likely N-dealkylation sites (N-methyl/N-ethyl adjacent to an activating group) is 1. The lowest BCUT2D eigenvalue weighted by atomic mass is 9.75. The molecule has 0 spiro atoms. The van der Waals surface area contributed by atoms with Crippen LogP contribution in [0.5, 0.6) is 11.5 Å². The lowest BCUT2D eigenvalue weighted by Gasteiger charge is -2.32. The Balaban J connectivity index is 1.40. The zero-order valence-electron chi connectivity index (χ0n) is 20.4. The molecule has 0 radical (unpaired) electrons. The van der Waals surface area contributed by atoms with Crippen LogP contribution in [0.25, 0.3) is 0 Å². The summed E-state index contributed by atoms with van der Waals surface area (Å²) in [5, 5.41) is 0. The number of rotatable bonds is 7. The lowest BCUT2D eigenvalue weighted by molar-refractivity contribution is -0.144. The van der Waals surface area contributed by atoms with Crippen molar-refractivity contribution in [2.45, 2.75) is 62.5 Å². The average molecular weight is 477 g/mol. The number of nitrogens with zero attached hydrogens (tertiary/aromatic N) is 2. The van der Waals surface area contributed by atoms with Gasteiger partial charge in [-0.05, 0) is 30.5 Å². The van der Waals surface area contributed by atoms with Gasteiger partial charge in [-0.15, -0.1) is 0 Å². The quantitative estimate of drug-likeness (QED) is 0.572. The first kappa shape index (κ1) is 23.4. The van der Waals surface area contributed by atoms with E-state index in [1.54, 1.807) is 25.1 Å². The summed E-state index contributed by atoms with van der Waals surface area (Å²) in [6.07, 6.45) is 4.16. The van der Waals surface area contributed by atoms with Gasteiger partial charge in [-0.25, -0.2) is 0 Å². The van der Waals surface area contributed by atoms with Crippen LogP contribution in [0.15, 0.2) is 48.5 Å². The first-order valence-corrected chi connectivity index (χ1v) is 12.4. The van der Waals surface area contributed by atoms with E-state index in [0.717, 1.165) is 43.4 Å². The van der Waals surface area contributed by atoms with E-state index in [1.165, 1.54) is 4.90 Å². The van der Waals surface area contributed by atoms with Crippen LogP contribution in [0.2, 0.25) is 0 Å². The minimum absolute atomic E-state index is 0.0202. The number of fused-ring (bicyclic) bond motifs is 1. The van der Waals surface area contributed by atoms with Crippen LogP contribution in [0, 0.1) is 0 Å². The Hall–Kier alpha value is -3.35. The van der Waals surface area contributed by atoms with E-state index in [9.17, 15) is 14.4 Å². The first-order chi connectivity index (χ1) is 16.9. The Morgan fingerprint density at radius 3 is 2.57 bits per heavy atom. The Bertz CT molecular complexity index is 1120. The Labute approximate surface area is 206 Å². The van der Waals surface area contributed by atoms with E-state index < -0.39 is 5.41 Å². The number of hydrogen-bond donors (Lipinski definition) is 0. The summed E-state index contributed by atoms with van der Waals surface area (Å²) in [6.45, 7) is 0.407. The highest BCUT2D eigenvalue weighted by Crippen LogP contribution is 2.46. The maximum Gasteiger partial charge on any atom is 0.241 e. The van der Waals surface area contributed by atoms with Gasteiger partial charge in [-0.1, -0.05) is 49.2 Å². The largest absolute Gasteiger partial charge is 0.496 e. The number of para-hydroxylation sites is 2. The molecule has 184 valence electrons. The van der Waals surface area contributed by atoms with Gasteiger partial charge in [0, 0.05) is 37.9 Å². The number of methoxy groups -OCH3 is 1. The molecule has 2 aromatic rings. The normalized spacial score (nSPS) is 23.9. The van der Waals surface area contributed by atoms with Gasteiger partial charge < -0.3 is 14.4 Å². The molecule has 0 aromatic heterocycles. The van der Waals surface area contributed by atoms with Crippen molar-refractivity contribution in [1.29, 1.82) is 0 Å². The van der Waals surface area contributed by atoms with Gasteiger partial charge in [0.1, 0.15) is 17.6 Å². The van der Waals surface area contributed by atoms with E-state index in [1.807, 2.05) is 42.5 Å². The summed E-state index contributed by atoms with van der Waals surface area (Å²) in [4.78, 5) is 43.9. The molecule has 0 N–H and O–H groups in total.